The maximum Gasteiger partial charge on any atom is 0.417 e. The molecular formula is C18H24N4O4. The zero-order valence-electron chi connectivity index (χ0n) is 15.1. The van der Waals surface area contributed by atoms with Crippen LogP contribution in [-0.4, -0.2) is 52.9 Å². The normalized spacial score (nSPS) is 17.3. The van der Waals surface area contributed by atoms with Gasteiger partial charge in [-0.15, -0.1) is 0 Å². The highest BCUT2D eigenvalue weighted by Crippen LogP contribution is 2.21. The van der Waals surface area contributed by atoms with Gasteiger partial charge >= 0.3 is 11.8 Å². The van der Waals surface area contributed by atoms with Crippen LogP contribution in [0.15, 0.2) is 27.4 Å². The molecule has 1 fully saturated rings. The Labute approximate surface area is 151 Å². The molecule has 26 heavy (non-hydrogen) atoms. The topological polar surface area (TPSA) is 98.7 Å². The second-order valence-corrected chi connectivity index (χ2v) is 6.45. The Morgan fingerprint density at radius 2 is 2.12 bits per heavy atom. The van der Waals surface area contributed by atoms with Gasteiger partial charge in [0.25, 0.3) is 0 Å². The van der Waals surface area contributed by atoms with Crippen molar-refractivity contribution in [2.75, 3.05) is 31.5 Å². The molecule has 1 aliphatic heterocycles. The van der Waals surface area contributed by atoms with E-state index in [1.54, 1.807) is 28.0 Å². The summed E-state index contributed by atoms with van der Waals surface area (Å²) in [6.45, 7) is 6.32. The quantitative estimate of drug-likeness (QED) is 0.873. The van der Waals surface area contributed by atoms with Gasteiger partial charge in [0.1, 0.15) is 0 Å². The average Bonchev–Trinajstić information content (AvgIpc) is 3.02. The molecule has 0 radical (unpaired) electrons. The number of nitrogens with one attached hydrogen (secondary N) is 2. The highest BCUT2D eigenvalue weighted by molar-refractivity contribution is 5.94. The minimum atomic E-state index is -0.527. The van der Waals surface area contributed by atoms with Crippen LogP contribution in [0.25, 0.3) is 11.1 Å². The summed E-state index contributed by atoms with van der Waals surface area (Å²) in [5.41, 5.74) is 1.57. The summed E-state index contributed by atoms with van der Waals surface area (Å²) in [7, 11) is 0. The molecule has 8 heteroatoms. The van der Waals surface area contributed by atoms with Gasteiger partial charge < -0.3 is 19.5 Å². The number of nitrogens with zero attached hydrogens (tertiary/aromatic N) is 2. The van der Waals surface area contributed by atoms with Gasteiger partial charge in [0.2, 0.25) is 5.91 Å². The molecule has 3 rings (SSSR count). The van der Waals surface area contributed by atoms with Crippen LogP contribution >= 0.6 is 0 Å². The first-order valence-electron chi connectivity index (χ1n) is 8.99. The van der Waals surface area contributed by atoms with Gasteiger partial charge in [-0.1, -0.05) is 0 Å². The fourth-order valence-electron chi connectivity index (χ4n) is 3.33. The molecular weight excluding hydrogens is 336 g/mol. The largest absolute Gasteiger partial charge is 0.417 e. The van der Waals surface area contributed by atoms with E-state index < -0.39 is 5.76 Å². The van der Waals surface area contributed by atoms with Crippen molar-refractivity contribution in [1.29, 1.82) is 0 Å². The Morgan fingerprint density at radius 3 is 2.85 bits per heavy atom. The van der Waals surface area contributed by atoms with E-state index in [0.29, 0.717) is 43.0 Å². The van der Waals surface area contributed by atoms with E-state index in [0.717, 1.165) is 12.8 Å². The van der Waals surface area contributed by atoms with Crippen LogP contribution in [0, 0.1) is 5.92 Å². The molecule has 2 heterocycles. The van der Waals surface area contributed by atoms with Crippen molar-refractivity contribution in [2.24, 2.45) is 5.92 Å². The number of H-pyrrole nitrogens is 1. The lowest BCUT2D eigenvalue weighted by molar-refractivity contribution is -0.121. The number of urea groups is 1. The van der Waals surface area contributed by atoms with Crippen molar-refractivity contribution in [3.8, 4) is 0 Å². The molecule has 1 saturated heterocycles. The van der Waals surface area contributed by atoms with Crippen molar-refractivity contribution < 1.29 is 14.0 Å². The Hall–Kier alpha value is -2.77. The summed E-state index contributed by atoms with van der Waals surface area (Å²) in [5, 5.41) is 2.88. The van der Waals surface area contributed by atoms with Gasteiger partial charge in [-0.2, -0.15) is 0 Å². The molecule has 1 aromatic heterocycles. The lowest BCUT2D eigenvalue weighted by Gasteiger charge is -2.35. The molecule has 8 nitrogen and oxygen atoms in total. The first-order chi connectivity index (χ1) is 12.5. The van der Waals surface area contributed by atoms with E-state index in [9.17, 15) is 14.4 Å². The van der Waals surface area contributed by atoms with E-state index in [1.807, 2.05) is 13.8 Å². The van der Waals surface area contributed by atoms with E-state index in [-0.39, 0.29) is 17.9 Å². The molecule has 3 amide bonds. The third-order valence-electron chi connectivity index (χ3n) is 4.78. The fourth-order valence-corrected chi connectivity index (χ4v) is 3.33. The minimum Gasteiger partial charge on any atom is -0.408 e. The number of carbonyl (C=O) groups excluding carboxylic acids is 2. The summed E-state index contributed by atoms with van der Waals surface area (Å²) in [6.07, 6.45) is 1.55. The summed E-state index contributed by atoms with van der Waals surface area (Å²) in [5.74, 6) is -0.893. The predicted octanol–water partition coefficient (Wildman–Crippen LogP) is 2.23. The van der Waals surface area contributed by atoms with Crippen LogP contribution in [0.1, 0.15) is 26.7 Å². The highest BCUT2D eigenvalue weighted by atomic mass is 16.4. The molecule has 0 spiro atoms. The van der Waals surface area contributed by atoms with Gasteiger partial charge in [0.05, 0.1) is 11.4 Å². The zero-order valence-corrected chi connectivity index (χ0v) is 15.1. The van der Waals surface area contributed by atoms with Crippen LogP contribution in [-0.2, 0) is 4.79 Å². The van der Waals surface area contributed by atoms with Gasteiger partial charge in [-0.3, -0.25) is 9.78 Å². The van der Waals surface area contributed by atoms with Crippen molar-refractivity contribution in [3.63, 3.8) is 0 Å². The molecule has 2 N–H and O–H groups in total. The molecule has 1 aromatic carbocycles. The number of carbonyl (C=O) groups is 2. The van der Waals surface area contributed by atoms with E-state index in [2.05, 4.69) is 10.3 Å². The molecule has 0 aliphatic carbocycles. The number of hydrogen-bond donors (Lipinski definition) is 2. The van der Waals surface area contributed by atoms with E-state index in [4.69, 9.17) is 4.42 Å². The van der Waals surface area contributed by atoms with Crippen LogP contribution in [0.3, 0.4) is 0 Å². The van der Waals surface area contributed by atoms with Crippen LogP contribution in [0.5, 0.6) is 0 Å². The highest BCUT2D eigenvalue weighted by Gasteiger charge is 2.30. The molecule has 1 aliphatic rings. The monoisotopic (exact) mass is 360 g/mol. The number of hydrogen-bond acceptors (Lipinski definition) is 4. The number of oxazole rings is 1. The van der Waals surface area contributed by atoms with Crippen molar-refractivity contribution in [3.05, 3.63) is 28.7 Å². The van der Waals surface area contributed by atoms with Gasteiger partial charge in [0.15, 0.2) is 5.58 Å². The number of aromatic amines is 1. The minimum absolute atomic E-state index is 0.00936. The first kappa shape index (κ1) is 18.0. The molecule has 0 unspecified atom stereocenters. The number of anilines is 1. The van der Waals surface area contributed by atoms with E-state index in [1.165, 1.54) is 0 Å². The smallest absolute Gasteiger partial charge is 0.408 e. The SMILES string of the molecule is CCN(CC)C(=O)N1CCC[C@@H](C(=O)Nc2ccc3oc(=O)[nH]c3c2)C1. The number of amides is 3. The number of fused-ring (bicyclic) bond motifs is 1. The average molecular weight is 360 g/mol. The second kappa shape index (κ2) is 7.63. The Bertz CT molecular complexity index is 852. The zero-order chi connectivity index (χ0) is 18.7. The lowest BCUT2D eigenvalue weighted by Crippen LogP contribution is -2.49. The number of piperidine rings is 1. The van der Waals surface area contributed by atoms with Crippen molar-refractivity contribution in [2.45, 2.75) is 26.7 Å². The third kappa shape index (κ3) is 3.74. The fraction of sp³-hybridized carbons (Fsp3) is 0.500. The van der Waals surface area contributed by atoms with Crippen molar-refractivity contribution in [1.82, 2.24) is 14.8 Å². The summed E-state index contributed by atoms with van der Waals surface area (Å²) in [4.78, 5) is 42.5. The standard InChI is InChI=1S/C18H24N4O4/c1-3-21(4-2)18(25)22-9-5-6-12(11-22)16(23)19-13-7-8-15-14(10-13)20-17(24)26-15/h7-8,10,12H,3-6,9,11H2,1-2H3,(H,19,23)(H,20,24)/t12-/m1/s1. The number of aromatic nitrogens is 1. The van der Waals surface area contributed by atoms with E-state index >= 15 is 0 Å². The second-order valence-electron chi connectivity index (χ2n) is 6.45. The Balaban J connectivity index is 1.66. The summed E-state index contributed by atoms with van der Waals surface area (Å²) >= 11 is 0. The maximum absolute atomic E-state index is 12.6. The molecule has 140 valence electrons. The summed E-state index contributed by atoms with van der Waals surface area (Å²) in [6, 6.07) is 4.99. The molecule has 1 atom stereocenters. The predicted molar refractivity (Wildman–Crippen MR) is 98.1 cm³/mol. The number of benzene rings is 1. The molecule has 2 aromatic rings. The van der Waals surface area contributed by atoms with Crippen molar-refractivity contribution >= 4 is 28.7 Å². The number of rotatable bonds is 4. The van der Waals surface area contributed by atoms with Crippen LogP contribution < -0.4 is 11.1 Å². The van der Waals surface area contributed by atoms with Crippen LogP contribution in [0.2, 0.25) is 0 Å². The van der Waals surface area contributed by atoms with Gasteiger partial charge in [-0.05, 0) is 44.9 Å². The Kier molecular flexibility index (Phi) is 5.29. The maximum atomic E-state index is 12.6. The lowest BCUT2D eigenvalue weighted by atomic mass is 9.97. The summed E-state index contributed by atoms with van der Waals surface area (Å²) < 4.78 is 4.96. The van der Waals surface area contributed by atoms with Gasteiger partial charge in [-0.25, -0.2) is 9.59 Å². The molecule has 0 saturated carbocycles. The first-order valence-corrected chi connectivity index (χ1v) is 8.99. The Morgan fingerprint density at radius 1 is 1.35 bits per heavy atom. The molecule has 0 bridgehead atoms. The van der Waals surface area contributed by atoms with Gasteiger partial charge in [0, 0.05) is 31.9 Å². The van der Waals surface area contributed by atoms with Crippen LogP contribution in [0.4, 0.5) is 10.5 Å². The third-order valence-corrected chi connectivity index (χ3v) is 4.78. The number of likely N-dealkylation sites (tertiary alicyclic amines) is 1.